The molecule has 2 aliphatic carbocycles. The molecule has 42 heavy (non-hydrogen) atoms. The lowest BCUT2D eigenvalue weighted by atomic mass is 9.69. The minimum absolute atomic E-state index is 0.139. The summed E-state index contributed by atoms with van der Waals surface area (Å²) >= 11 is 0. The van der Waals surface area contributed by atoms with Crippen LogP contribution in [0.3, 0.4) is 0 Å². The number of hydrogen-bond acceptors (Lipinski definition) is 5. The van der Waals surface area contributed by atoms with E-state index in [1.54, 1.807) is 18.2 Å². The second kappa shape index (κ2) is 17.0. The fourth-order valence-corrected chi connectivity index (χ4v) is 6.74. The lowest BCUT2D eigenvalue weighted by Crippen LogP contribution is -2.27. The van der Waals surface area contributed by atoms with Crippen molar-refractivity contribution in [3.8, 4) is 22.6 Å². The monoisotopic (exact) mass is 582 g/mol. The van der Waals surface area contributed by atoms with Gasteiger partial charge in [-0.1, -0.05) is 64.2 Å². The van der Waals surface area contributed by atoms with Crippen molar-refractivity contribution in [2.24, 2.45) is 23.7 Å². The van der Waals surface area contributed by atoms with Gasteiger partial charge >= 0.3 is 0 Å². The van der Waals surface area contributed by atoms with Gasteiger partial charge < -0.3 is 24.4 Å². The number of unbranched alkanes of at least 4 members (excludes halogenated alkanes) is 2. The molecule has 1 atom stereocenters. The van der Waals surface area contributed by atoms with Crippen LogP contribution in [0, 0.1) is 29.5 Å². The normalized spacial score (nSPS) is 23.3. The van der Waals surface area contributed by atoms with Crippen LogP contribution in [0.4, 0.5) is 4.39 Å². The van der Waals surface area contributed by atoms with Gasteiger partial charge in [0.1, 0.15) is 23.9 Å². The first-order valence-electron chi connectivity index (χ1n) is 16.2. The number of aliphatic hydroxyl groups is 2. The van der Waals surface area contributed by atoms with Crippen LogP contribution in [-0.4, -0.2) is 42.9 Å². The Hall–Kier alpha value is -2.41. The molecule has 2 aliphatic rings. The zero-order chi connectivity index (χ0) is 29.7. The van der Waals surface area contributed by atoms with E-state index < -0.39 is 6.29 Å². The van der Waals surface area contributed by atoms with Crippen LogP contribution in [-0.2, 0) is 4.74 Å². The molecule has 0 spiro atoms. The molecule has 1 unspecified atom stereocenters. The van der Waals surface area contributed by atoms with E-state index in [1.807, 2.05) is 18.2 Å². The van der Waals surface area contributed by atoms with E-state index >= 15 is 4.39 Å². The molecule has 2 saturated carbocycles. The third-order valence-electron chi connectivity index (χ3n) is 9.44. The molecule has 0 saturated heterocycles. The molecule has 2 aromatic carbocycles. The number of ether oxygens (including phenoxy) is 3. The van der Waals surface area contributed by atoms with E-state index in [0.717, 1.165) is 23.3 Å². The lowest BCUT2D eigenvalue weighted by molar-refractivity contribution is -0.0830. The van der Waals surface area contributed by atoms with Crippen molar-refractivity contribution in [2.75, 3.05) is 26.4 Å². The first-order chi connectivity index (χ1) is 20.5. The largest absolute Gasteiger partial charge is 0.493 e. The molecule has 0 radical (unpaired) electrons. The fraction of sp³-hybridized carbons (Fsp3) is 0.611. The third kappa shape index (κ3) is 9.82. The summed E-state index contributed by atoms with van der Waals surface area (Å²) in [6, 6.07) is 12.3. The summed E-state index contributed by atoms with van der Waals surface area (Å²) in [6.45, 7) is 6.49. The number of aliphatic hydroxyl groups excluding tert-OH is 2. The van der Waals surface area contributed by atoms with E-state index in [2.05, 4.69) is 13.5 Å². The van der Waals surface area contributed by atoms with Gasteiger partial charge in [-0.3, -0.25) is 0 Å². The third-order valence-corrected chi connectivity index (χ3v) is 9.44. The number of halogens is 1. The van der Waals surface area contributed by atoms with Crippen molar-refractivity contribution in [2.45, 2.75) is 90.3 Å². The Labute approximate surface area is 252 Å². The molecule has 5 nitrogen and oxygen atoms in total. The van der Waals surface area contributed by atoms with Gasteiger partial charge in [0, 0.05) is 17.2 Å². The Bertz CT molecular complexity index is 1070. The van der Waals surface area contributed by atoms with Crippen molar-refractivity contribution >= 4 is 0 Å². The molecule has 2 N–H and O–H groups in total. The second-order valence-corrected chi connectivity index (χ2v) is 12.4. The van der Waals surface area contributed by atoms with Gasteiger partial charge in [0.15, 0.2) is 6.29 Å². The Kier molecular flexibility index (Phi) is 13.2. The van der Waals surface area contributed by atoms with Crippen molar-refractivity contribution in [1.29, 1.82) is 0 Å². The van der Waals surface area contributed by atoms with Gasteiger partial charge in [-0.05, 0) is 92.0 Å². The molecule has 0 bridgehead atoms. The van der Waals surface area contributed by atoms with Gasteiger partial charge in [0.2, 0.25) is 0 Å². The summed E-state index contributed by atoms with van der Waals surface area (Å²) in [5, 5.41) is 18.6. The standard InChI is InChI=1S/C36H51FO5/c1-3-4-5-6-27-7-11-29(12-8-27)30-13-9-28(10-14-30)25-42-33-19-20-34(35(37)23-33)31-15-17-32(18-16-31)40-21-22-41-36(39)26(2)24-38/h15-20,23,27-30,36,38-39H,2-14,21-22,24-25H2,1H3. The first kappa shape index (κ1) is 32.5. The van der Waals surface area contributed by atoms with Crippen LogP contribution in [0.25, 0.3) is 11.1 Å². The minimum atomic E-state index is -1.22. The summed E-state index contributed by atoms with van der Waals surface area (Å²) in [7, 11) is 0. The summed E-state index contributed by atoms with van der Waals surface area (Å²) < 4.78 is 31.8. The Morgan fingerprint density at radius 2 is 1.50 bits per heavy atom. The Balaban J connectivity index is 1.15. The highest BCUT2D eigenvalue weighted by Crippen LogP contribution is 2.42. The van der Waals surface area contributed by atoms with Crippen LogP contribution < -0.4 is 9.47 Å². The zero-order valence-electron chi connectivity index (χ0n) is 25.4. The number of hydrogen-bond donors (Lipinski definition) is 2. The van der Waals surface area contributed by atoms with E-state index in [9.17, 15) is 5.11 Å². The smallest absolute Gasteiger partial charge is 0.179 e. The maximum absolute atomic E-state index is 15.0. The molecule has 232 valence electrons. The predicted octanol–water partition coefficient (Wildman–Crippen LogP) is 8.33. The van der Waals surface area contributed by atoms with E-state index in [4.69, 9.17) is 19.3 Å². The highest BCUT2D eigenvalue weighted by molar-refractivity contribution is 5.65. The topological polar surface area (TPSA) is 68.2 Å². The van der Waals surface area contributed by atoms with Crippen LogP contribution in [0.2, 0.25) is 0 Å². The highest BCUT2D eigenvalue weighted by Gasteiger charge is 2.31. The minimum Gasteiger partial charge on any atom is -0.493 e. The maximum Gasteiger partial charge on any atom is 0.179 e. The van der Waals surface area contributed by atoms with Crippen LogP contribution in [0.5, 0.6) is 11.5 Å². The number of benzene rings is 2. The molecule has 0 heterocycles. The van der Waals surface area contributed by atoms with Crippen molar-refractivity contribution < 1.29 is 28.8 Å². The average molecular weight is 583 g/mol. The van der Waals surface area contributed by atoms with Gasteiger partial charge in [-0.25, -0.2) is 4.39 Å². The van der Waals surface area contributed by atoms with E-state index in [1.165, 1.54) is 83.1 Å². The lowest BCUT2D eigenvalue weighted by Gasteiger charge is -2.38. The summed E-state index contributed by atoms with van der Waals surface area (Å²) in [4.78, 5) is 0. The second-order valence-electron chi connectivity index (χ2n) is 12.4. The average Bonchev–Trinajstić information content (AvgIpc) is 3.03. The molecule has 0 aliphatic heterocycles. The molecule has 4 rings (SSSR count). The van der Waals surface area contributed by atoms with Crippen LogP contribution >= 0.6 is 0 Å². The van der Waals surface area contributed by atoms with E-state index in [0.29, 0.717) is 29.6 Å². The van der Waals surface area contributed by atoms with Gasteiger partial charge in [-0.15, -0.1) is 0 Å². The molecule has 6 heteroatoms. The zero-order valence-corrected chi connectivity index (χ0v) is 25.4. The maximum atomic E-state index is 15.0. The SMILES string of the molecule is C=C(CO)C(O)OCCOc1ccc(-c2ccc(OCC3CCC(C4CCC(CCCCC)CC4)CC3)cc2F)cc1. The Morgan fingerprint density at radius 1 is 0.857 bits per heavy atom. The summed E-state index contributed by atoms with van der Waals surface area (Å²) in [5.74, 6) is 4.27. The first-order valence-corrected chi connectivity index (χ1v) is 16.2. The molecular weight excluding hydrogens is 531 g/mol. The molecular formula is C36H51FO5. The fourth-order valence-electron chi connectivity index (χ4n) is 6.74. The van der Waals surface area contributed by atoms with Crippen molar-refractivity contribution in [3.63, 3.8) is 0 Å². The number of rotatable bonds is 16. The molecule has 2 aromatic rings. The van der Waals surface area contributed by atoms with E-state index in [-0.39, 0.29) is 31.2 Å². The molecule has 0 aromatic heterocycles. The van der Waals surface area contributed by atoms with Gasteiger partial charge in [0.05, 0.1) is 19.8 Å². The molecule has 0 amide bonds. The summed E-state index contributed by atoms with van der Waals surface area (Å²) in [6.07, 6.45) is 15.2. The van der Waals surface area contributed by atoms with Gasteiger partial charge in [0.25, 0.3) is 0 Å². The summed E-state index contributed by atoms with van der Waals surface area (Å²) in [5.41, 5.74) is 1.47. The molecule has 2 fully saturated rings. The van der Waals surface area contributed by atoms with Crippen molar-refractivity contribution in [3.05, 3.63) is 60.4 Å². The predicted molar refractivity (Wildman–Crippen MR) is 166 cm³/mol. The van der Waals surface area contributed by atoms with Crippen molar-refractivity contribution in [1.82, 2.24) is 0 Å². The quantitative estimate of drug-likeness (QED) is 0.118. The highest BCUT2D eigenvalue weighted by atomic mass is 19.1. The van der Waals surface area contributed by atoms with Crippen LogP contribution in [0.1, 0.15) is 84.0 Å². The Morgan fingerprint density at radius 3 is 2.12 bits per heavy atom. The van der Waals surface area contributed by atoms with Crippen LogP contribution in [0.15, 0.2) is 54.6 Å². The van der Waals surface area contributed by atoms with Gasteiger partial charge in [-0.2, -0.15) is 0 Å².